The van der Waals surface area contributed by atoms with Crippen LogP contribution in [-0.4, -0.2) is 65.1 Å². The van der Waals surface area contributed by atoms with E-state index in [0.29, 0.717) is 17.3 Å². The topological polar surface area (TPSA) is 91.7 Å². The average molecular weight is 470 g/mol. The number of aliphatic hydroxyl groups excluding tert-OH is 2. The van der Waals surface area contributed by atoms with Crippen LogP contribution in [0.5, 0.6) is 0 Å². The molecule has 13 heteroatoms. The van der Waals surface area contributed by atoms with Crippen molar-refractivity contribution in [1.29, 1.82) is 0 Å². The standard InChI is InChI=1S/C20H19F5N6O2/c1-2-29(3-4-32)19(33)14-6-15-12(7-26-14)17(28-31(15)10-20(23,24)25)16-8-27-18-13(22)5-11(21)9-30(16)18/h5-9,19,32-33H,2-4,10H2,1H3. The molecule has 33 heavy (non-hydrogen) atoms. The molecule has 0 radical (unpaired) electrons. The molecule has 0 amide bonds. The van der Waals surface area contributed by atoms with Gasteiger partial charge in [0.25, 0.3) is 0 Å². The zero-order valence-electron chi connectivity index (χ0n) is 17.3. The molecule has 0 aliphatic rings. The van der Waals surface area contributed by atoms with Gasteiger partial charge in [0.15, 0.2) is 17.7 Å². The van der Waals surface area contributed by atoms with Crippen molar-refractivity contribution in [2.24, 2.45) is 0 Å². The van der Waals surface area contributed by atoms with E-state index in [4.69, 9.17) is 5.11 Å². The van der Waals surface area contributed by atoms with Gasteiger partial charge in [0.2, 0.25) is 0 Å². The molecule has 0 fully saturated rings. The van der Waals surface area contributed by atoms with Gasteiger partial charge < -0.3 is 10.2 Å². The number of halogens is 5. The third-order valence-electron chi connectivity index (χ3n) is 5.16. The van der Waals surface area contributed by atoms with Crippen LogP contribution >= 0.6 is 0 Å². The van der Waals surface area contributed by atoms with Gasteiger partial charge in [0, 0.05) is 30.4 Å². The minimum atomic E-state index is -4.61. The van der Waals surface area contributed by atoms with Crippen LogP contribution in [-0.2, 0) is 6.54 Å². The van der Waals surface area contributed by atoms with E-state index in [2.05, 4.69) is 15.1 Å². The van der Waals surface area contributed by atoms with Gasteiger partial charge in [-0.25, -0.2) is 13.8 Å². The fourth-order valence-corrected chi connectivity index (χ4v) is 3.66. The van der Waals surface area contributed by atoms with E-state index < -0.39 is 30.6 Å². The van der Waals surface area contributed by atoms with Crippen molar-refractivity contribution in [1.82, 2.24) is 29.0 Å². The summed E-state index contributed by atoms with van der Waals surface area (Å²) in [5.41, 5.74) is -0.0865. The molecule has 0 spiro atoms. The number of aromatic nitrogens is 5. The molecule has 2 N–H and O–H groups in total. The van der Waals surface area contributed by atoms with Gasteiger partial charge in [-0.1, -0.05) is 6.92 Å². The van der Waals surface area contributed by atoms with Gasteiger partial charge in [-0.15, -0.1) is 0 Å². The summed E-state index contributed by atoms with van der Waals surface area (Å²) in [4.78, 5) is 9.54. The quantitative estimate of drug-likeness (QED) is 0.319. The van der Waals surface area contributed by atoms with Crippen molar-refractivity contribution in [2.75, 3.05) is 19.7 Å². The summed E-state index contributed by atoms with van der Waals surface area (Å²) in [6.45, 7) is 0.560. The van der Waals surface area contributed by atoms with Crippen LogP contribution in [0.2, 0.25) is 0 Å². The predicted molar refractivity (Wildman–Crippen MR) is 107 cm³/mol. The molecule has 176 valence electrons. The Morgan fingerprint density at radius 2 is 1.91 bits per heavy atom. The number of aliphatic hydroxyl groups is 2. The van der Waals surface area contributed by atoms with E-state index in [9.17, 15) is 27.1 Å². The fraction of sp³-hybridized carbons (Fsp3) is 0.350. The van der Waals surface area contributed by atoms with E-state index in [1.807, 2.05) is 0 Å². The Labute approximate surface area is 183 Å². The first-order chi connectivity index (χ1) is 15.6. The first kappa shape index (κ1) is 23.0. The van der Waals surface area contributed by atoms with E-state index >= 15 is 0 Å². The summed E-state index contributed by atoms with van der Waals surface area (Å²) in [5, 5.41) is 24.0. The summed E-state index contributed by atoms with van der Waals surface area (Å²) >= 11 is 0. The summed E-state index contributed by atoms with van der Waals surface area (Å²) < 4.78 is 69.4. The number of alkyl halides is 3. The molecule has 1 unspecified atom stereocenters. The molecule has 0 bridgehead atoms. The maximum Gasteiger partial charge on any atom is 0.408 e. The van der Waals surface area contributed by atoms with Gasteiger partial charge in [-0.05, 0) is 12.6 Å². The number of pyridine rings is 2. The lowest BCUT2D eigenvalue weighted by Crippen LogP contribution is -2.31. The van der Waals surface area contributed by atoms with Crippen molar-refractivity contribution in [2.45, 2.75) is 25.9 Å². The monoisotopic (exact) mass is 470 g/mol. The molecule has 0 aliphatic carbocycles. The van der Waals surface area contributed by atoms with Crippen molar-refractivity contribution in [3.8, 4) is 11.4 Å². The highest BCUT2D eigenvalue weighted by atomic mass is 19.4. The van der Waals surface area contributed by atoms with Crippen LogP contribution < -0.4 is 0 Å². The lowest BCUT2D eigenvalue weighted by molar-refractivity contribution is -0.141. The predicted octanol–water partition coefficient (Wildman–Crippen LogP) is 2.89. The molecule has 0 saturated carbocycles. The van der Waals surface area contributed by atoms with Crippen LogP contribution in [0.3, 0.4) is 0 Å². The molecule has 8 nitrogen and oxygen atoms in total. The second-order valence-corrected chi connectivity index (χ2v) is 7.32. The summed E-state index contributed by atoms with van der Waals surface area (Å²) in [6.07, 6.45) is -2.51. The highest BCUT2D eigenvalue weighted by Crippen LogP contribution is 2.32. The third-order valence-corrected chi connectivity index (χ3v) is 5.16. The second kappa shape index (κ2) is 8.65. The van der Waals surface area contributed by atoms with E-state index in [1.165, 1.54) is 23.4 Å². The lowest BCUT2D eigenvalue weighted by atomic mass is 10.2. The molecule has 0 saturated heterocycles. The van der Waals surface area contributed by atoms with Gasteiger partial charge in [0.1, 0.15) is 18.1 Å². The van der Waals surface area contributed by atoms with Crippen molar-refractivity contribution in [3.63, 3.8) is 0 Å². The number of fused-ring (bicyclic) bond motifs is 2. The lowest BCUT2D eigenvalue weighted by Gasteiger charge is -2.25. The molecule has 0 aliphatic heterocycles. The van der Waals surface area contributed by atoms with E-state index in [1.54, 1.807) is 6.92 Å². The Bertz CT molecular complexity index is 1300. The van der Waals surface area contributed by atoms with E-state index in [-0.39, 0.29) is 46.8 Å². The number of hydrogen-bond donors (Lipinski definition) is 2. The minimum absolute atomic E-state index is 0.0111. The van der Waals surface area contributed by atoms with Gasteiger partial charge >= 0.3 is 6.18 Å². The second-order valence-electron chi connectivity index (χ2n) is 7.32. The molecule has 4 rings (SSSR count). The number of nitrogens with zero attached hydrogens (tertiary/aromatic N) is 6. The highest BCUT2D eigenvalue weighted by molar-refractivity contribution is 5.92. The maximum atomic E-state index is 14.1. The van der Waals surface area contributed by atoms with E-state index in [0.717, 1.165) is 10.6 Å². The summed E-state index contributed by atoms with van der Waals surface area (Å²) in [5.74, 6) is -1.84. The highest BCUT2D eigenvalue weighted by Gasteiger charge is 2.31. The number of hydrogen-bond acceptors (Lipinski definition) is 6. The SMILES string of the molecule is CCN(CCO)C(O)c1cc2c(cn1)c(-c1cnc3c(F)cc(F)cn13)nn2CC(F)(F)F. The van der Waals surface area contributed by atoms with Crippen molar-refractivity contribution < 1.29 is 32.2 Å². The van der Waals surface area contributed by atoms with Crippen LogP contribution in [0, 0.1) is 11.6 Å². The van der Waals surface area contributed by atoms with Gasteiger partial charge in [-0.2, -0.15) is 18.3 Å². The molecule has 4 heterocycles. The zero-order chi connectivity index (χ0) is 23.9. The van der Waals surface area contributed by atoms with Crippen molar-refractivity contribution in [3.05, 3.63) is 48.1 Å². The Hall–Kier alpha value is -3.16. The van der Waals surface area contributed by atoms with Gasteiger partial charge in [-0.3, -0.25) is 19.0 Å². The molecule has 0 aromatic carbocycles. The minimum Gasteiger partial charge on any atom is -0.395 e. The largest absolute Gasteiger partial charge is 0.408 e. The Balaban J connectivity index is 1.90. The third kappa shape index (κ3) is 4.38. The number of imidazole rings is 1. The van der Waals surface area contributed by atoms with Gasteiger partial charge in [0.05, 0.1) is 29.7 Å². The zero-order valence-corrected chi connectivity index (χ0v) is 17.3. The molecular weight excluding hydrogens is 451 g/mol. The van der Waals surface area contributed by atoms with Crippen molar-refractivity contribution >= 4 is 16.6 Å². The smallest absolute Gasteiger partial charge is 0.395 e. The molecule has 4 aromatic heterocycles. The maximum absolute atomic E-state index is 14.1. The number of likely N-dealkylation sites (N-methyl/N-ethyl adjacent to an activating group) is 1. The normalized spacial score (nSPS) is 13.5. The fourth-order valence-electron chi connectivity index (χ4n) is 3.66. The van der Waals surface area contributed by atoms with Crippen LogP contribution in [0.1, 0.15) is 18.8 Å². The Kier molecular flexibility index (Phi) is 6.03. The molecule has 1 atom stereocenters. The molecular formula is C20H19F5N6O2. The molecule has 4 aromatic rings. The summed E-state index contributed by atoms with van der Waals surface area (Å²) in [6, 6.07) is 1.92. The van der Waals surface area contributed by atoms with Crippen LogP contribution in [0.15, 0.2) is 30.7 Å². The Morgan fingerprint density at radius 3 is 2.58 bits per heavy atom. The Morgan fingerprint density at radius 1 is 1.15 bits per heavy atom. The first-order valence-electron chi connectivity index (χ1n) is 9.91. The van der Waals surface area contributed by atoms with Crippen LogP contribution in [0.25, 0.3) is 27.9 Å². The average Bonchev–Trinajstić information content (AvgIpc) is 3.31. The summed E-state index contributed by atoms with van der Waals surface area (Å²) in [7, 11) is 0. The van der Waals surface area contributed by atoms with Crippen LogP contribution in [0.4, 0.5) is 22.0 Å². The number of rotatable bonds is 7. The first-order valence-corrected chi connectivity index (χ1v) is 9.91.